The molecule has 0 fully saturated rings. The highest BCUT2D eigenvalue weighted by molar-refractivity contribution is 7.92. The molecule has 0 radical (unpaired) electrons. The minimum atomic E-state index is -3.76. The Morgan fingerprint density at radius 1 is 1.06 bits per heavy atom. The smallest absolute Gasteiger partial charge is 0.244 e. The first kappa shape index (κ1) is 26.7. The van der Waals surface area contributed by atoms with E-state index in [9.17, 15) is 18.0 Å². The number of amides is 2. The SMILES string of the molecule is CCCNC(=O)[C@@H](C)N(Cc1ccc(Cl)cc1)C(=O)CN(c1c(C)cccc1C)S(C)(=O)=O. The van der Waals surface area contributed by atoms with Gasteiger partial charge in [0.2, 0.25) is 21.8 Å². The van der Waals surface area contributed by atoms with Crippen molar-refractivity contribution in [3.05, 3.63) is 64.2 Å². The van der Waals surface area contributed by atoms with Gasteiger partial charge in [0.15, 0.2) is 0 Å². The van der Waals surface area contributed by atoms with Gasteiger partial charge in [0.1, 0.15) is 12.6 Å². The molecule has 180 valence electrons. The third kappa shape index (κ3) is 7.20. The number of rotatable bonds is 10. The lowest BCUT2D eigenvalue weighted by Crippen LogP contribution is -2.51. The topological polar surface area (TPSA) is 86.8 Å². The number of nitrogens with zero attached hydrogens (tertiary/aromatic N) is 2. The Balaban J connectivity index is 2.42. The van der Waals surface area contributed by atoms with E-state index in [2.05, 4.69) is 5.32 Å². The van der Waals surface area contributed by atoms with E-state index in [4.69, 9.17) is 11.6 Å². The summed E-state index contributed by atoms with van der Waals surface area (Å²) in [5.74, 6) is -0.769. The minimum absolute atomic E-state index is 0.140. The first-order valence-corrected chi connectivity index (χ1v) is 13.0. The summed E-state index contributed by atoms with van der Waals surface area (Å²) >= 11 is 5.98. The summed E-state index contributed by atoms with van der Waals surface area (Å²) in [5, 5.41) is 3.37. The zero-order valence-corrected chi connectivity index (χ0v) is 21.3. The molecular weight excluding hydrogens is 462 g/mol. The lowest BCUT2D eigenvalue weighted by atomic mass is 10.1. The maximum atomic E-state index is 13.5. The molecule has 1 N–H and O–H groups in total. The van der Waals surface area contributed by atoms with E-state index < -0.39 is 28.5 Å². The fraction of sp³-hybridized carbons (Fsp3) is 0.417. The molecule has 2 rings (SSSR count). The normalized spacial score (nSPS) is 12.2. The van der Waals surface area contributed by atoms with Crippen LogP contribution in [0.3, 0.4) is 0 Å². The lowest BCUT2D eigenvalue weighted by Gasteiger charge is -2.32. The number of nitrogens with one attached hydrogen (secondary N) is 1. The van der Waals surface area contributed by atoms with Gasteiger partial charge in [-0.15, -0.1) is 0 Å². The van der Waals surface area contributed by atoms with Crippen LogP contribution in [0.2, 0.25) is 5.02 Å². The van der Waals surface area contributed by atoms with Crippen LogP contribution < -0.4 is 9.62 Å². The number of carbonyl (C=O) groups excluding carboxylic acids is 2. The average Bonchev–Trinajstić information content (AvgIpc) is 2.74. The summed E-state index contributed by atoms with van der Waals surface area (Å²) in [6, 6.07) is 11.6. The van der Waals surface area contributed by atoms with Crippen LogP contribution in [-0.2, 0) is 26.2 Å². The molecule has 0 bridgehead atoms. The van der Waals surface area contributed by atoms with Gasteiger partial charge in [-0.2, -0.15) is 0 Å². The van der Waals surface area contributed by atoms with Gasteiger partial charge in [0, 0.05) is 18.1 Å². The van der Waals surface area contributed by atoms with Gasteiger partial charge in [0.25, 0.3) is 0 Å². The van der Waals surface area contributed by atoms with Crippen LogP contribution >= 0.6 is 11.6 Å². The third-order valence-corrected chi connectivity index (χ3v) is 6.72. The molecule has 0 spiro atoms. The van der Waals surface area contributed by atoms with E-state index in [-0.39, 0.29) is 12.5 Å². The number of sulfonamides is 1. The minimum Gasteiger partial charge on any atom is -0.354 e. The fourth-order valence-corrected chi connectivity index (χ4v) is 4.63. The van der Waals surface area contributed by atoms with Crippen LogP contribution in [0.5, 0.6) is 0 Å². The lowest BCUT2D eigenvalue weighted by molar-refractivity contribution is -0.139. The van der Waals surface area contributed by atoms with Crippen LogP contribution in [-0.4, -0.2) is 50.5 Å². The van der Waals surface area contributed by atoms with E-state index in [0.717, 1.165) is 33.7 Å². The first-order valence-electron chi connectivity index (χ1n) is 10.8. The van der Waals surface area contributed by atoms with Gasteiger partial charge >= 0.3 is 0 Å². The van der Waals surface area contributed by atoms with Gasteiger partial charge in [-0.3, -0.25) is 13.9 Å². The molecular formula is C24H32ClN3O4S. The van der Waals surface area contributed by atoms with Gasteiger partial charge in [-0.25, -0.2) is 8.42 Å². The van der Waals surface area contributed by atoms with Crippen molar-refractivity contribution >= 4 is 39.1 Å². The molecule has 2 amide bonds. The molecule has 0 unspecified atom stereocenters. The maximum absolute atomic E-state index is 13.5. The number of aryl methyl sites for hydroxylation is 2. The Kier molecular flexibility index (Phi) is 9.31. The highest BCUT2D eigenvalue weighted by atomic mass is 35.5. The van der Waals surface area contributed by atoms with Crippen LogP contribution in [0.15, 0.2) is 42.5 Å². The van der Waals surface area contributed by atoms with Crippen molar-refractivity contribution in [1.82, 2.24) is 10.2 Å². The highest BCUT2D eigenvalue weighted by Gasteiger charge is 2.31. The molecule has 0 saturated heterocycles. The largest absolute Gasteiger partial charge is 0.354 e. The number of hydrogen-bond acceptors (Lipinski definition) is 4. The van der Waals surface area contributed by atoms with Gasteiger partial charge in [-0.1, -0.05) is 48.9 Å². The number of hydrogen-bond donors (Lipinski definition) is 1. The molecule has 2 aromatic rings. The summed E-state index contributed by atoms with van der Waals surface area (Å²) in [7, 11) is -3.76. The highest BCUT2D eigenvalue weighted by Crippen LogP contribution is 2.27. The Bertz CT molecular complexity index is 1070. The second-order valence-corrected chi connectivity index (χ2v) is 10.5. The Morgan fingerprint density at radius 2 is 1.64 bits per heavy atom. The molecule has 33 heavy (non-hydrogen) atoms. The average molecular weight is 494 g/mol. The van der Waals surface area contributed by atoms with Crippen molar-refractivity contribution < 1.29 is 18.0 Å². The molecule has 7 nitrogen and oxygen atoms in total. The van der Waals surface area contributed by atoms with Crippen LogP contribution in [0.1, 0.15) is 37.0 Å². The zero-order chi connectivity index (χ0) is 24.8. The quantitative estimate of drug-likeness (QED) is 0.547. The summed E-state index contributed by atoms with van der Waals surface area (Å²) in [6.07, 6.45) is 1.84. The molecule has 0 saturated carbocycles. The summed E-state index contributed by atoms with van der Waals surface area (Å²) in [5.41, 5.74) is 2.74. The van der Waals surface area contributed by atoms with Crippen molar-refractivity contribution in [2.75, 3.05) is 23.7 Å². The van der Waals surface area contributed by atoms with E-state index in [1.807, 2.05) is 13.0 Å². The van der Waals surface area contributed by atoms with Gasteiger partial charge in [0.05, 0.1) is 11.9 Å². The second-order valence-electron chi connectivity index (χ2n) is 8.13. The molecule has 0 aliphatic carbocycles. The van der Waals surface area contributed by atoms with Crippen molar-refractivity contribution in [3.63, 3.8) is 0 Å². The van der Waals surface area contributed by atoms with Crippen LogP contribution in [0, 0.1) is 13.8 Å². The standard InChI is InChI=1S/C24H32ClN3O4S/c1-6-14-26-24(30)19(4)27(15-20-10-12-21(25)13-11-20)22(29)16-28(33(5,31)32)23-17(2)8-7-9-18(23)3/h7-13,19H,6,14-16H2,1-5H3,(H,26,30)/t19-/m1/s1. The van der Waals surface area contributed by atoms with Crippen LogP contribution in [0.4, 0.5) is 5.69 Å². The number of carbonyl (C=O) groups is 2. The predicted octanol–water partition coefficient (Wildman–Crippen LogP) is 3.67. The predicted molar refractivity (Wildman–Crippen MR) is 133 cm³/mol. The number of halogens is 1. The number of anilines is 1. The van der Waals surface area contributed by atoms with Crippen LogP contribution in [0.25, 0.3) is 0 Å². The molecule has 2 aromatic carbocycles. The van der Waals surface area contributed by atoms with E-state index >= 15 is 0 Å². The second kappa shape index (κ2) is 11.5. The van der Waals surface area contributed by atoms with Gasteiger partial charge in [-0.05, 0) is 56.0 Å². The van der Waals surface area contributed by atoms with E-state index in [1.165, 1.54) is 4.90 Å². The summed E-state index contributed by atoms with van der Waals surface area (Å²) in [4.78, 5) is 27.6. The molecule has 0 aliphatic rings. The molecule has 1 atom stereocenters. The van der Waals surface area contributed by atoms with Gasteiger partial charge < -0.3 is 10.2 Å². The van der Waals surface area contributed by atoms with Crippen molar-refractivity contribution in [1.29, 1.82) is 0 Å². The maximum Gasteiger partial charge on any atom is 0.244 e. The van der Waals surface area contributed by atoms with E-state index in [1.54, 1.807) is 57.2 Å². The monoisotopic (exact) mass is 493 g/mol. The third-order valence-electron chi connectivity index (χ3n) is 5.35. The molecule has 0 heterocycles. The fourth-order valence-electron chi connectivity index (χ4n) is 3.54. The van der Waals surface area contributed by atoms with Crippen molar-refractivity contribution in [2.45, 2.75) is 46.7 Å². The summed E-state index contributed by atoms with van der Waals surface area (Å²) in [6.45, 7) is 7.40. The van der Waals surface area contributed by atoms with Crippen molar-refractivity contribution in [3.8, 4) is 0 Å². The Hall–Kier alpha value is -2.58. The molecule has 0 aliphatic heterocycles. The molecule has 0 aromatic heterocycles. The Labute approximate surface area is 201 Å². The zero-order valence-electron chi connectivity index (χ0n) is 19.8. The first-order chi connectivity index (χ1) is 15.5. The summed E-state index contributed by atoms with van der Waals surface area (Å²) < 4.78 is 26.5. The molecule has 9 heteroatoms. The number of benzene rings is 2. The van der Waals surface area contributed by atoms with E-state index in [0.29, 0.717) is 17.3 Å². The number of para-hydroxylation sites is 1. The Morgan fingerprint density at radius 3 is 2.15 bits per heavy atom. The van der Waals surface area contributed by atoms with Crippen molar-refractivity contribution in [2.24, 2.45) is 0 Å².